The molecule has 1 N–H and O–H groups in total. The van der Waals surface area contributed by atoms with Crippen LogP contribution in [0.4, 0.5) is 10.5 Å². The minimum Gasteiger partial charge on any atom is -0.504 e. The second-order valence-electron chi connectivity index (χ2n) is 5.86. The maximum atomic E-state index is 12.7. The lowest BCUT2D eigenvalue weighted by Gasteiger charge is -2.13. The minimum atomic E-state index is -0.657. The molecule has 1 fully saturated rings. The summed E-state index contributed by atoms with van der Waals surface area (Å²) in [4.78, 5) is 36.4. The van der Waals surface area contributed by atoms with Crippen LogP contribution in [0.25, 0.3) is 6.08 Å². The largest absolute Gasteiger partial charge is 0.504 e. The summed E-state index contributed by atoms with van der Waals surface area (Å²) >= 11 is 12.5. The highest BCUT2D eigenvalue weighted by Gasteiger charge is 2.35. The lowest BCUT2D eigenvalue weighted by atomic mass is 10.1. The first-order valence-electron chi connectivity index (χ1n) is 7.96. The number of rotatable bonds is 5. The second kappa shape index (κ2) is 8.32. The standard InChI is InChI=1S/C18H12Cl2N2O6S/c1-28-14-7-11(22(26)27)5-10(16(14)23)6-15-17(24)21(18(25)29-15)8-9-2-3-12(19)13(20)4-9/h2-7,23H,8H2,1H3/b15-6-. The van der Waals surface area contributed by atoms with Crippen LogP contribution in [-0.4, -0.2) is 33.2 Å². The lowest BCUT2D eigenvalue weighted by Crippen LogP contribution is -2.27. The monoisotopic (exact) mass is 454 g/mol. The van der Waals surface area contributed by atoms with E-state index in [1.165, 1.54) is 13.2 Å². The average molecular weight is 455 g/mol. The van der Waals surface area contributed by atoms with Crippen molar-refractivity contribution in [2.75, 3.05) is 7.11 Å². The van der Waals surface area contributed by atoms with Crippen LogP contribution in [0.3, 0.4) is 0 Å². The summed E-state index contributed by atoms with van der Waals surface area (Å²) in [5, 5.41) is 21.4. The Morgan fingerprint density at radius 3 is 2.59 bits per heavy atom. The number of nitro groups is 1. The van der Waals surface area contributed by atoms with Crippen molar-refractivity contribution in [3.8, 4) is 11.5 Å². The maximum Gasteiger partial charge on any atom is 0.293 e. The number of methoxy groups -OCH3 is 1. The zero-order valence-electron chi connectivity index (χ0n) is 14.7. The topological polar surface area (TPSA) is 110 Å². The van der Waals surface area contributed by atoms with Gasteiger partial charge in [-0.05, 0) is 35.5 Å². The Morgan fingerprint density at radius 1 is 1.24 bits per heavy atom. The maximum absolute atomic E-state index is 12.7. The first kappa shape index (κ1) is 21.0. The number of hydrogen-bond acceptors (Lipinski definition) is 7. The molecular weight excluding hydrogens is 443 g/mol. The predicted octanol–water partition coefficient (Wildman–Crippen LogP) is 4.85. The van der Waals surface area contributed by atoms with Gasteiger partial charge in [-0.25, -0.2) is 0 Å². The Hall–Kier alpha value is -2.75. The molecular formula is C18H12Cl2N2O6S. The highest BCUT2D eigenvalue weighted by molar-refractivity contribution is 8.18. The van der Waals surface area contributed by atoms with E-state index in [9.17, 15) is 24.8 Å². The van der Waals surface area contributed by atoms with Crippen molar-refractivity contribution in [1.29, 1.82) is 0 Å². The number of carbonyl (C=O) groups excluding carboxylic acids is 2. The molecule has 0 saturated carbocycles. The molecule has 1 aliphatic rings. The average Bonchev–Trinajstić information content (AvgIpc) is 2.93. The molecule has 1 saturated heterocycles. The number of nitrogens with zero attached hydrogens (tertiary/aromatic N) is 2. The van der Waals surface area contributed by atoms with E-state index in [0.717, 1.165) is 17.0 Å². The predicted molar refractivity (Wildman–Crippen MR) is 109 cm³/mol. The SMILES string of the molecule is COc1cc([N+](=O)[O-])cc(/C=C2\SC(=O)N(Cc3ccc(Cl)c(Cl)c3)C2=O)c1O. The van der Waals surface area contributed by atoms with Crippen molar-refractivity contribution in [3.05, 3.63) is 66.5 Å². The number of ether oxygens (including phenoxy) is 1. The summed E-state index contributed by atoms with van der Waals surface area (Å²) in [5.41, 5.74) is 0.250. The van der Waals surface area contributed by atoms with E-state index in [0.29, 0.717) is 27.4 Å². The molecule has 29 heavy (non-hydrogen) atoms. The Kier molecular flexibility index (Phi) is 6.02. The first-order valence-corrected chi connectivity index (χ1v) is 9.53. The Bertz CT molecular complexity index is 1070. The van der Waals surface area contributed by atoms with Crippen LogP contribution in [0.15, 0.2) is 35.2 Å². The number of amides is 2. The van der Waals surface area contributed by atoms with Crippen LogP contribution in [0.1, 0.15) is 11.1 Å². The number of thioether (sulfide) groups is 1. The van der Waals surface area contributed by atoms with Crippen molar-refractivity contribution >= 4 is 57.9 Å². The molecule has 2 amide bonds. The highest BCUT2D eigenvalue weighted by atomic mass is 35.5. The van der Waals surface area contributed by atoms with Gasteiger partial charge in [0, 0.05) is 11.6 Å². The molecule has 2 aromatic rings. The quantitative estimate of drug-likeness (QED) is 0.390. The van der Waals surface area contributed by atoms with Gasteiger partial charge in [-0.3, -0.25) is 24.6 Å². The Morgan fingerprint density at radius 2 is 1.97 bits per heavy atom. The third-order valence-electron chi connectivity index (χ3n) is 4.00. The van der Waals surface area contributed by atoms with Crippen LogP contribution in [0.5, 0.6) is 11.5 Å². The number of phenolic OH excluding ortho intramolecular Hbond substituents is 1. The van der Waals surface area contributed by atoms with Crippen molar-refractivity contribution in [2.45, 2.75) is 6.54 Å². The number of hydrogen-bond donors (Lipinski definition) is 1. The Balaban J connectivity index is 1.93. The number of phenols is 1. The van der Waals surface area contributed by atoms with E-state index in [4.69, 9.17) is 27.9 Å². The molecule has 11 heteroatoms. The minimum absolute atomic E-state index is 0.00733. The Labute approximate surface area is 178 Å². The van der Waals surface area contributed by atoms with Gasteiger partial charge in [-0.2, -0.15) is 0 Å². The van der Waals surface area contributed by atoms with Crippen molar-refractivity contribution in [1.82, 2.24) is 4.90 Å². The van der Waals surface area contributed by atoms with Gasteiger partial charge >= 0.3 is 0 Å². The number of carbonyl (C=O) groups is 2. The number of imide groups is 1. The van der Waals surface area contributed by atoms with Gasteiger partial charge in [-0.1, -0.05) is 29.3 Å². The van der Waals surface area contributed by atoms with Gasteiger partial charge in [0.1, 0.15) is 0 Å². The summed E-state index contributed by atoms with van der Waals surface area (Å²) in [6.07, 6.45) is 1.21. The fraction of sp³-hybridized carbons (Fsp3) is 0.111. The number of aromatic hydroxyl groups is 1. The lowest BCUT2D eigenvalue weighted by molar-refractivity contribution is -0.385. The molecule has 3 rings (SSSR count). The molecule has 0 bridgehead atoms. The van der Waals surface area contributed by atoms with E-state index >= 15 is 0 Å². The van der Waals surface area contributed by atoms with Gasteiger partial charge < -0.3 is 9.84 Å². The van der Waals surface area contributed by atoms with Crippen LogP contribution in [0, 0.1) is 10.1 Å². The summed E-state index contributed by atoms with van der Waals surface area (Å²) < 4.78 is 4.93. The van der Waals surface area contributed by atoms with Crippen LogP contribution >= 0.6 is 35.0 Å². The smallest absolute Gasteiger partial charge is 0.293 e. The van der Waals surface area contributed by atoms with E-state index in [1.807, 2.05) is 0 Å². The fourth-order valence-corrected chi connectivity index (χ4v) is 3.73. The fourth-order valence-electron chi connectivity index (χ4n) is 2.58. The molecule has 0 aliphatic carbocycles. The summed E-state index contributed by atoms with van der Waals surface area (Å²) in [7, 11) is 1.24. The molecule has 8 nitrogen and oxygen atoms in total. The van der Waals surface area contributed by atoms with Crippen molar-refractivity contribution in [2.24, 2.45) is 0 Å². The van der Waals surface area contributed by atoms with E-state index in [1.54, 1.807) is 18.2 Å². The van der Waals surface area contributed by atoms with Crippen molar-refractivity contribution in [3.63, 3.8) is 0 Å². The zero-order valence-corrected chi connectivity index (χ0v) is 17.0. The molecule has 0 radical (unpaired) electrons. The number of benzene rings is 2. The van der Waals surface area contributed by atoms with Gasteiger partial charge in [0.25, 0.3) is 16.8 Å². The molecule has 0 aromatic heterocycles. The zero-order chi connectivity index (χ0) is 21.3. The molecule has 2 aromatic carbocycles. The third-order valence-corrected chi connectivity index (χ3v) is 5.65. The van der Waals surface area contributed by atoms with Gasteiger partial charge in [0.2, 0.25) is 0 Å². The molecule has 150 valence electrons. The molecule has 0 spiro atoms. The highest BCUT2D eigenvalue weighted by Crippen LogP contribution is 2.39. The summed E-state index contributed by atoms with van der Waals surface area (Å²) in [6, 6.07) is 6.89. The van der Waals surface area contributed by atoms with Crippen LogP contribution < -0.4 is 4.74 Å². The summed E-state index contributed by atoms with van der Waals surface area (Å²) in [5.74, 6) is -1.11. The van der Waals surface area contributed by atoms with E-state index in [2.05, 4.69) is 0 Å². The van der Waals surface area contributed by atoms with Crippen LogP contribution in [-0.2, 0) is 11.3 Å². The second-order valence-corrected chi connectivity index (χ2v) is 7.67. The summed E-state index contributed by atoms with van der Waals surface area (Å²) in [6.45, 7) is -0.0247. The van der Waals surface area contributed by atoms with Gasteiger partial charge in [0.15, 0.2) is 11.5 Å². The van der Waals surface area contributed by atoms with Gasteiger partial charge in [-0.15, -0.1) is 0 Å². The van der Waals surface area contributed by atoms with E-state index in [-0.39, 0.29) is 34.2 Å². The molecule has 0 unspecified atom stereocenters. The number of non-ortho nitro benzene ring substituents is 1. The van der Waals surface area contributed by atoms with Crippen molar-refractivity contribution < 1.29 is 24.4 Å². The van der Waals surface area contributed by atoms with Crippen LogP contribution in [0.2, 0.25) is 10.0 Å². The normalized spacial score (nSPS) is 15.3. The molecule has 1 heterocycles. The number of nitro benzene ring substituents is 1. The molecule has 1 aliphatic heterocycles. The number of halogens is 2. The third kappa shape index (κ3) is 4.31. The molecule has 0 atom stereocenters. The van der Waals surface area contributed by atoms with E-state index < -0.39 is 16.1 Å². The first-order chi connectivity index (χ1) is 13.7. The van der Waals surface area contributed by atoms with Gasteiger partial charge in [0.05, 0.1) is 39.6 Å².